The fourth-order valence-electron chi connectivity index (χ4n) is 4.05. The highest BCUT2D eigenvalue weighted by Gasteiger charge is 2.40. The fourth-order valence-corrected chi connectivity index (χ4v) is 4.05. The molecule has 3 heterocycles. The van der Waals surface area contributed by atoms with Crippen LogP contribution in [0.15, 0.2) is 54.9 Å². The molecule has 180 valence electrons. The minimum absolute atomic E-state index is 0.0783. The minimum atomic E-state index is -1.04. The van der Waals surface area contributed by atoms with Crippen molar-refractivity contribution in [3.05, 3.63) is 72.1 Å². The van der Waals surface area contributed by atoms with Crippen molar-refractivity contribution in [3.8, 4) is 11.4 Å². The Kier molecular flexibility index (Phi) is 6.10. The van der Waals surface area contributed by atoms with E-state index >= 15 is 0 Å². The summed E-state index contributed by atoms with van der Waals surface area (Å²) >= 11 is 0. The van der Waals surface area contributed by atoms with E-state index in [1.165, 1.54) is 13.4 Å². The molecule has 1 saturated heterocycles. The van der Waals surface area contributed by atoms with Crippen molar-refractivity contribution >= 4 is 22.9 Å². The quantitative estimate of drug-likeness (QED) is 0.389. The Morgan fingerprint density at radius 2 is 1.91 bits per heavy atom. The summed E-state index contributed by atoms with van der Waals surface area (Å²) in [6.07, 6.45) is -1.19. The zero-order valence-electron chi connectivity index (χ0n) is 18.7. The molecule has 0 bridgehead atoms. The maximum atomic E-state index is 13.9. The summed E-state index contributed by atoms with van der Waals surface area (Å²) in [7, 11) is 1.46. The molecule has 1 aliphatic rings. The van der Waals surface area contributed by atoms with Crippen LogP contribution in [0.5, 0.6) is 0 Å². The Hall–Kier alpha value is -3.96. The van der Waals surface area contributed by atoms with Crippen LogP contribution in [0.4, 0.5) is 14.6 Å². The molecule has 0 spiro atoms. The molecule has 4 aromatic rings. The third-order valence-electron chi connectivity index (χ3n) is 5.76. The van der Waals surface area contributed by atoms with Crippen LogP contribution in [0.2, 0.25) is 0 Å². The molecule has 11 heteroatoms. The second-order valence-electron chi connectivity index (χ2n) is 8.15. The molecule has 2 aromatic carbocycles. The number of carbonyl (C=O) groups is 1. The number of carbonyl (C=O) groups excluding carboxylic acids is 1. The van der Waals surface area contributed by atoms with Crippen LogP contribution in [-0.2, 0) is 16.1 Å². The number of halogens is 2. The topological polar surface area (TPSA) is 114 Å². The van der Waals surface area contributed by atoms with Gasteiger partial charge in [-0.25, -0.2) is 23.7 Å². The van der Waals surface area contributed by atoms with E-state index < -0.39 is 36.0 Å². The molecular weight excluding hydrogens is 458 g/mol. The molecule has 0 saturated carbocycles. The molecule has 0 unspecified atom stereocenters. The number of aromatic nitrogens is 4. The number of hydrogen-bond donors (Lipinski definition) is 3. The zero-order valence-corrected chi connectivity index (χ0v) is 18.7. The van der Waals surface area contributed by atoms with Crippen molar-refractivity contribution in [3.63, 3.8) is 0 Å². The van der Waals surface area contributed by atoms with Gasteiger partial charge in [-0.3, -0.25) is 9.36 Å². The predicted molar refractivity (Wildman–Crippen MR) is 123 cm³/mol. The molecule has 35 heavy (non-hydrogen) atoms. The van der Waals surface area contributed by atoms with Crippen molar-refractivity contribution in [2.45, 2.75) is 31.4 Å². The first-order valence-electron chi connectivity index (χ1n) is 11.0. The largest absolute Gasteiger partial charge is 0.390 e. The maximum Gasteiger partial charge on any atom is 0.251 e. The van der Waals surface area contributed by atoms with Gasteiger partial charge in [0.05, 0.1) is 12.4 Å². The molecular formula is C24H22F2N6O3. The number of nitrogens with one attached hydrogen (secondary N) is 2. The molecule has 1 fully saturated rings. The van der Waals surface area contributed by atoms with Gasteiger partial charge in [-0.15, -0.1) is 0 Å². The highest BCUT2D eigenvalue weighted by atomic mass is 19.1. The number of likely N-dealkylation sites (N-methyl/N-ethyl adjacent to an activating group) is 1. The number of fused-ring (bicyclic) bond motifs is 1. The van der Waals surface area contributed by atoms with E-state index in [1.807, 2.05) is 30.3 Å². The molecule has 3 atom stereocenters. The lowest BCUT2D eigenvalue weighted by atomic mass is 10.1. The van der Waals surface area contributed by atoms with Crippen molar-refractivity contribution < 1.29 is 23.4 Å². The van der Waals surface area contributed by atoms with Crippen molar-refractivity contribution in [1.29, 1.82) is 0 Å². The van der Waals surface area contributed by atoms with Crippen LogP contribution in [-0.4, -0.2) is 49.8 Å². The minimum Gasteiger partial charge on any atom is -0.390 e. The summed E-state index contributed by atoms with van der Waals surface area (Å²) in [5.41, 5.74) is 1.87. The third kappa shape index (κ3) is 4.55. The molecule has 9 nitrogen and oxygen atoms in total. The highest BCUT2D eigenvalue weighted by Crippen LogP contribution is 2.33. The van der Waals surface area contributed by atoms with E-state index in [4.69, 9.17) is 4.74 Å². The third-order valence-corrected chi connectivity index (χ3v) is 5.76. The van der Waals surface area contributed by atoms with E-state index in [0.29, 0.717) is 23.5 Å². The number of benzene rings is 2. The first-order valence-corrected chi connectivity index (χ1v) is 11.0. The van der Waals surface area contributed by atoms with Crippen LogP contribution < -0.4 is 10.6 Å². The van der Waals surface area contributed by atoms with Crippen LogP contribution in [0, 0.1) is 11.6 Å². The number of aliphatic hydroxyl groups excluding tert-OH is 1. The lowest BCUT2D eigenvalue weighted by Gasteiger charge is -2.15. The Morgan fingerprint density at radius 1 is 1.17 bits per heavy atom. The average Bonchev–Trinajstić information content (AvgIpc) is 3.45. The van der Waals surface area contributed by atoms with Crippen molar-refractivity contribution in [1.82, 2.24) is 24.8 Å². The van der Waals surface area contributed by atoms with E-state index in [-0.39, 0.29) is 17.8 Å². The average molecular weight is 480 g/mol. The van der Waals surface area contributed by atoms with Gasteiger partial charge < -0.3 is 20.5 Å². The number of anilines is 1. The van der Waals surface area contributed by atoms with Crippen LogP contribution >= 0.6 is 0 Å². The SMILES string of the molecule is CNC(=O)[C@H]1O[C@@H](n2cnc3c(NCc4ccccc4)nc(-c4cc(F)cc(F)c4)nc32)C[C@@H]1O. The summed E-state index contributed by atoms with van der Waals surface area (Å²) < 4.78 is 35.3. The smallest absolute Gasteiger partial charge is 0.251 e. The summed E-state index contributed by atoms with van der Waals surface area (Å²) in [5, 5.41) is 16.0. The summed E-state index contributed by atoms with van der Waals surface area (Å²) in [5.74, 6) is -1.52. The van der Waals surface area contributed by atoms with Crippen LogP contribution in [0.25, 0.3) is 22.6 Å². The number of rotatable bonds is 6. The lowest BCUT2D eigenvalue weighted by molar-refractivity contribution is -0.137. The van der Waals surface area contributed by atoms with Crippen LogP contribution in [0.1, 0.15) is 18.2 Å². The van der Waals surface area contributed by atoms with Gasteiger partial charge in [0.2, 0.25) is 0 Å². The van der Waals surface area contributed by atoms with Gasteiger partial charge in [0.15, 0.2) is 28.9 Å². The van der Waals surface area contributed by atoms with E-state index in [2.05, 4.69) is 25.6 Å². The van der Waals surface area contributed by atoms with Crippen molar-refractivity contribution in [2.24, 2.45) is 0 Å². The van der Waals surface area contributed by atoms with Gasteiger partial charge >= 0.3 is 0 Å². The second kappa shape index (κ2) is 9.35. The molecule has 3 N–H and O–H groups in total. The highest BCUT2D eigenvalue weighted by molar-refractivity contribution is 5.85. The van der Waals surface area contributed by atoms with E-state index in [1.54, 1.807) is 4.57 Å². The summed E-state index contributed by atoms with van der Waals surface area (Å²) in [4.78, 5) is 25.5. The molecule has 1 aliphatic heterocycles. The Bertz CT molecular complexity index is 1360. The van der Waals surface area contributed by atoms with Crippen molar-refractivity contribution in [2.75, 3.05) is 12.4 Å². The van der Waals surface area contributed by atoms with E-state index in [9.17, 15) is 18.7 Å². The molecule has 5 rings (SSSR count). The summed E-state index contributed by atoms with van der Waals surface area (Å²) in [6, 6.07) is 12.7. The fraction of sp³-hybridized carbons (Fsp3) is 0.250. The van der Waals surface area contributed by atoms with Gasteiger partial charge in [0.1, 0.15) is 17.9 Å². The molecule has 0 aliphatic carbocycles. The normalized spacial score (nSPS) is 19.7. The molecule has 1 amide bonds. The zero-order chi connectivity index (χ0) is 24.5. The van der Waals surface area contributed by atoms with E-state index in [0.717, 1.165) is 23.8 Å². The Balaban J connectivity index is 1.58. The predicted octanol–water partition coefficient (Wildman–Crippen LogP) is 2.78. The Morgan fingerprint density at radius 3 is 2.63 bits per heavy atom. The van der Waals surface area contributed by atoms with Gasteiger partial charge in [-0.05, 0) is 17.7 Å². The van der Waals surface area contributed by atoms with Gasteiger partial charge in [0, 0.05) is 31.6 Å². The lowest BCUT2D eigenvalue weighted by Crippen LogP contribution is -2.38. The van der Waals surface area contributed by atoms with Gasteiger partial charge in [0.25, 0.3) is 5.91 Å². The summed E-state index contributed by atoms with van der Waals surface area (Å²) in [6.45, 7) is 0.425. The number of imidazole rings is 1. The number of nitrogens with zero attached hydrogens (tertiary/aromatic N) is 4. The number of hydrogen-bond acceptors (Lipinski definition) is 7. The maximum absolute atomic E-state index is 13.9. The second-order valence-corrected chi connectivity index (χ2v) is 8.15. The number of aliphatic hydroxyl groups is 1. The number of amides is 1. The number of ether oxygens (including phenoxy) is 1. The standard InChI is InChI=1S/C24H22F2N6O3/c1-27-24(34)20-17(33)10-18(35-20)32-12-29-19-22(28-11-13-5-3-2-4-6-13)30-21(31-23(19)32)14-7-15(25)9-16(26)8-14/h2-9,12,17-18,20,33H,10-11H2,1H3,(H,27,34)(H,28,30,31)/t17-,18+,20-/m0/s1. The molecule has 2 aromatic heterocycles. The Labute approximate surface area is 198 Å². The van der Waals surface area contributed by atoms with Gasteiger partial charge in [-0.1, -0.05) is 30.3 Å². The first-order chi connectivity index (χ1) is 16.9. The van der Waals surface area contributed by atoms with Crippen LogP contribution in [0.3, 0.4) is 0 Å². The molecule has 0 radical (unpaired) electrons. The van der Waals surface area contributed by atoms with Gasteiger partial charge in [-0.2, -0.15) is 0 Å². The first kappa shape index (κ1) is 22.8. The monoisotopic (exact) mass is 480 g/mol.